The van der Waals surface area contributed by atoms with Crippen LogP contribution >= 0.6 is 10.2 Å². The maximum atomic E-state index is 3.65. The predicted octanol–water partition coefficient (Wildman–Crippen LogP) is 5.65. The lowest BCUT2D eigenvalue weighted by atomic mass is 10.1. The Balaban J connectivity index is 2.00. The maximum absolute atomic E-state index is 3.65. The van der Waals surface area contributed by atoms with E-state index < -0.39 is 10.2 Å². The largest absolute Gasteiger partial charge is 0.277 e. The molecular weight excluding hydrogens is 286 g/mol. The fourth-order valence-corrected chi connectivity index (χ4v) is 6.26. The Morgan fingerprint density at radius 3 is 2.18 bits per heavy atom. The van der Waals surface area contributed by atoms with Gasteiger partial charge in [-0.05, 0) is 47.1 Å². The second-order valence-corrected chi connectivity index (χ2v) is 8.52. The van der Waals surface area contributed by atoms with Gasteiger partial charge < -0.3 is 0 Å². The number of hydrogen-bond donors (Lipinski definition) is 1. The molecule has 0 amide bonds. The monoisotopic (exact) mass is 309 g/mol. The highest BCUT2D eigenvalue weighted by Gasteiger charge is 2.31. The van der Waals surface area contributed by atoms with Gasteiger partial charge in [-0.2, -0.15) is 0 Å². The zero-order chi connectivity index (χ0) is 15.4. The summed E-state index contributed by atoms with van der Waals surface area (Å²) in [6, 6.07) is 21.5. The van der Waals surface area contributed by atoms with E-state index in [0.29, 0.717) is 5.25 Å². The van der Waals surface area contributed by atoms with E-state index in [4.69, 9.17) is 0 Å². The van der Waals surface area contributed by atoms with Crippen LogP contribution in [0.15, 0.2) is 77.6 Å². The number of nitrogens with one attached hydrogen (secondary N) is 1. The standard InChI is InChI=1S/C20H23NS/c1-3-20(18-12-8-5-9-13-18)22(21-2)15-14-19(16-22)17-10-6-4-7-11-17/h4-16,20-21H,3H2,1-2H3. The molecule has 1 aliphatic heterocycles. The summed E-state index contributed by atoms with van der Waals surface area (Å²) in [5.41, 5.74) is 4.05. The first-order valence-corrected chi connectivity index (χ1v) is 9.62. The Morgan fingerprint density at radius 2 is 1.59 bits per heavy atom. The predicted molar refractivity (Wildman–Crippen MR) is 99.7 cm³/mol. The summed E-state index contributed by atoms with van der Waals surface area (Å²) in [6.45, 7) is 2.28. The Labute approximate surface area is 135 Å². The van der Waals surface area contributed by atoms with Crippen LogP contribution in [0.2, 0.25) is 0 Å². The summed E-state index contributed by atoms with van der Waals surface area (Å²) in [6.07, 6.45) is 3.41. The third kappa shape index (κ3) is 2.77. The van der Waals surface area contributed by atoms with Crippen molar-refractivity contribution in [2.75, 3.05) is 7.05 Å². The highest BCUT2D eigenvalue weighted by Crippen LogP contribution is 2.64. The Morgan fingerprint density at radius 1 is 0.955 bits per heavy atom. The van der Waals surface area contributed by atoms with Crippen molar-refractivity contribution < 1.29 is 0 Å². The van der Waals surface area contributed by atoms with Gasteiger partial charge in [0.2, 0.25) is 0 Å². The summed E-state index contributed by atoms with van der Waals surface area (Å²) in [7, 11) is 0.960. The van der Waals surface area contributed by atoms with Crippen molar-refractivity contribution >= 4 is 15.8 Å². The molecule has 2 unspecified atom stereocenters. The summed E-state index contributed by atoms with van der Waals surface area (Å²) in [5.74, 6) is 0. The van der Waals surface area contributed by atoms with Crippen molar-refractivity contribution in [2.45, 2.75) is 18.6 Å². The fourth-order valence-electron chi connectivity index (χ4n) is 3.12. The quantitative estimate of drug-likeness (QED) is 0.753. The van der Waals surface area contributed by atoms with Gasteiger partial charge >= 0.3 is 0 Å². The minimum atomic E-state index is -1.13. The topological polar surface area (TPSA) is 12.0 Å². The van der Waals surface area contributed by atoms with Crippen LogP contribution in [0.4, 0.5) is 0 Å². The zero-order valence-corrected chi connectivity index (χ0v) is 14.0. The summed E-state index contributed by atoms with van der Waals surface area (Å²) < 4.78 is 3.65. The third-order valence-corrected chi connectivity index (χ3v) is 7.75. The van der Waals surface area contributed by atoms with E-state index >= 15 is 0 Å². The van der Waals surface area contributed by atoms with Crippen LogP contribution in [0.5, 0.6) is 0 Å². The fraction of sp³-hybridized carbons (Fsp3) is 0.200. The Bertz CT molecular complexity index is 675. The van der Waals surface area contributed by atoms with Crippen molar-refractivity contribution in [1.29, 1.82) is 0 Å². The van der Waals surface area contributed by atoms with Crippen LogP contribution in [-0.4, -0.2) is 7.05 Å². The second kappa shape index (κ2) is 6.55. The smallest absolute Gasteiger partial charge is 0.0323 e. The van der Waals surface area contributed by atoms with Crippen molar-refractivity contribution in [2.24, 2.45) is 0 Å². The van der Waals surface area contributed by atoms with Gasteiger partial charge in [0.05, 0.1) is 0 Å². The van der Waals surface area contributed by atoms with Gasteiger partial charge in [-0.3, -0.25) is 4.72 Å². The third-order valence-electron chi connectivity index (χ3n) is 4.27. The van der Waals surface area contributed by atoms with Gasteiger partial charge in [-0.25, -0.2) is 0 Å². The molecule has 22 heavy (non-hydrogen) atoms. The number of allylic oxidation sites excluding steroid dienone is 2. The first-order chi connectivity index (χ1) is 10.8. The number of benzene rings is 2. The highest BCUT2D eigenvalue weighted by atomic mass is 32.3. The van der Waals surface area contributed by atoms with Crippen LogP contribution in [0.25, 0.3) is 5.57 Å². The molecule has 2 aromatic rings. The minimum Gasteiger partial charge on any atom is -0.277 e. The second-order valence-electron chi connectivity index (χ2n) is 5.52. The molecule has 2 aromatic carbocycles. The van der Waals surface area contributed by atoms with Gasteiger partial charge in [0, 0.05) is 5.25 Å². The normalized spacial score (nSPS) is 24.5. The molecule has 1 nitrogen and oxygen atoms in total. The van der Waals surface area contributed by atoms with Crippen molar-refractivity contribution in [3.05, 3.63) is 88.7 Å². The molecule has 114 valence electrons. The first-order valence-electron chi connectivity index (χ1n) is 7.80. The molecule has 2 heteroatoms. The van der Waals surface area contributed by atoms with Gasteiger partial charge in [0.25, 0.3) is 0 Å². The SMILES string of the molecule is CCC(c1ccccc1)S1(NC)C=CC(c2ccccc2)=C1. The average Bonchev–Trinajstić information content (AvgIpc) is 3.03. The lowest BCUT2D eigenvalue weighted by molar-refractivity contribution is 0.878. The zero-order valence-electron chi connectivity index (χ0n) is 13.2. The molecule has 0 bridgehead atoms. The van der Waals surface area contributed by atoms with E-state index in [0.717, 1.165) is 6.42 Å². The Kier molecular flexibility index (Phi) is 4.51. The van der Waals surface area contributed by atoms with Crippen LogP contribution in [0.3, 0.4) is 0 Å². The van der Waals surface area contributed by atoms with Gasteiger partial charge in [0.1, 0.15) is 0 Å². The van der Waals surface area contributed by atoms with Crippen LogP contribution < -0.4 is 4.72 Å². The molecule has 0 saturated heterocycles. The molecule has 0 spiro atoms. The lowest BCUT2D eigenvalue weighted by Gasteiger charge is -2.40. The molecule has 1 heterocycles. The molecule has 1 aliphatic rings. The summed E-state index contributed by atoms with van der Waals surface area (Å²) in [5, 5.41) is 5.37. The van der Waals surface area contributed by atoms with E-state index in [1.165, 1.54) is 16.7 Å². The molecule has 0 radical (unpaired) electrons. The molecule has 1 N–H and O–H groups in total. The molecule has 2 atom stereocenters. The highest BCUT2D eigenvalue weighted by molar-refractivity contribution is 8.37. The van der Waals surface area contributed by atoms with Gasteiger partial charge in [-0.1, -0.05) is 67.6 Å². The average molecular weight is 309 g/mol. The van der Waals surface area contributed by atoms with Crippen molar-refractivity contribution in [3.63, 3.8) is 0 Å². The van der Waals surface area contributed by atoms with Gasteiger partial charge in [-0.15, -0.1) is 10.2 Å². The lowest BCUT2D eigenvalue weighted by Crippen LogP contribution is -2.18. The summed E-state index contributed by atoms with van der Waals surface area (Å²) in [4.78, 5) is 0. The van der Waals surface area contributed by atoms with E-state index in [1.54, 1.807) is 0 Å². The number of hydrogen-bond acceptors (Lipinski definition) is 1. The van der Waals surface area contributed by atoms with Crippen LogP contribution in [-0.2, 0) is 0 Å². The first kappa shape index (κ1) is 15.1. The molecule has 3 rings (SSSR count). The maximum Gasteiger partial charge on any atom is 0.0323 e. The minimum absolute atomic E-state index is 0.510. The molecular formula is C20H23NS. The summed E-state index contributed by atoms with van der Waals surface area (Å²) >= 11 is 0. The molecule has 0 aromatic heterocycles. The van der Waals surface area contributed by atoms with Gasteiger partial charge in [0.15, 0.2) is 0 Å². The molecule has 0 fully saturated rings. The van der Waals surface area contributed by atoms with Crippen LogP contribution in [0.1, 0.15) is 29.7 Å². The molecule has 0 saturated carbocycles. The van der Waals surface area contributed by atoms with E-state index in [-0.39, 0.29) is 0 Å². The van der Waals surface area contributed by atoms with E-state index in [1.807, 2.05) is 0 Å². The Hall–Kier alpha value is -1.77. The van der Waals surface area contributed by atoms with Crippen LogP contribution in [0, 0.1) is 0 Å². The number of rotatable bonds is 5. The van der Waals surface area contributed by atoms with E-state index in [9.17, 15) is 0 Å². The van der Waals surface area contributed by atoms with Crippen molar-refractivity contribution in [3.8, 4) is 0 Å². The van der Waals surface area contributed by atoms with E-state index in [2.05, 4.69) is 96.2 Å². The van der Waals surface area contributed by atoms with Crippen molar-refractivity contribution in [1.82, 2.24) is 4.72 Å². The molecule has 0 aliphatic carbocycles.